The Morgan fingerprint density at radius 2 is 1.53 bits per heavy atom. The lowest BCUT2D eigenvalue weighted by Gasteiger charge is -2.16. The van der Waals surface area contributed by atoms with Crippen LogP contribution in [0.2, 0.25) is 0 Å². The molecule has 0 heteroatoms. The van der Waals surface area contributed by atoms with Gasteiger partial charge in [-0.25, -0.2) is 0 Å². The lowest BCUT2D eigenvalue weighted by molar-refractivity contribution is 0.635. The van der Waals surface area contributed by atoms with Crippen molar-refractivity contribution in [2.75, 3.05) is 0 Å². The first-order valence-corrected chi connectivity index (χ1v) is 7.12. The zero-order chi connectivity index (χ0) is 13.1. The average molecular weight is 248 g/mol. The second-order valence-electron chi connectivity index (χ2n) is 5.58. The molecular weight excluding hydrogens is 228 g/mol. The number of hydrogen-bond acceptors (Lipinski definition) is 0. The van der Waals surface area contributed by atoms with Crippen LogP contribution in [-0.4, -0.2) is 0 Å². The predicted molar refractivity (Wildman–Crippen MR) is 81.2 cm³/mol. The van der Waals surface area contributed by atoms with E-state index in [0.29, 0.717) is 11.8 Å². The molecule has 0 aromatic heterocycles. The lowest BCUT2D eigenvalue weighted by atomic mass is 9.88. The van der Waals surface area contributed by atoms with Crippen LogP contribution >= 0.6 is 0 Å². The van der Waals surface area contributed by atoms with Crippen molar-refractivity contribution in [1.82, 2.24) is 0 Å². The fourth-order valence-corrected chi connectivity index (χ4v) is 3.12. The Kier molecular flexibility index (Phi) is 3.50. The third-order valence-electron chi connectivity index (χ3n) is 4.01. The highest BCUT2D eigenvalue weighted by Gasteiger charge is 2.24. The molecule has 3 rings (SSSR count). The van der Waals surface area contributed by atoms with Gasteiger partial charge in [0.1, 0.15) is 0 Å². The van der Waals surface area contributed by atoms with Gasteiger partial charge in [-0.3, -0.25) is 0 Å². The molecule has 0 saturated carbocycles. The molecule has 0 fully saturated rings. The second kappa shape index (κ2) is 5.44. The standard InChI is InChI=1S/C19H20/c1-15-12-18(14-16-8-4-2-5-9-16)19(13-15)17-10-6-3-7-11-17/h2-12,15,19H,13-14H2,1H3. The number of rotatable bonds is 3. The molecular formula is C19H20. The van der Waals surface area contributed by atoms with Crippen molar-refractivity contribution >= 4 is 0 Å². The van der Waals surface area contributed by atoms with Gasteiger partial charge < -0.3 is 0 Å². The maximum atomic E-state index is 2.48. The van der Waals surface area contributed by atoms with Crippen molar-refractivity contribution in [1.29, 1.82) is 0 Å². The van der Waals surface area contributed by atoms with E-state index in [9.17, 15) is 0 Å². The Bertz CT molecular complexity index is 551. The number of hydrogen-bond donors (Lipinski definition) is 0. The topological polar surface area (TPSA) is 0 Å². The summed E-state index contributed by atoms with van der Waals surface area (Å²) in [5, 5.41) is 0. The quantitative estimate of drug-likeness (QED) is 0.672. The van der Waals surface area contributed by atoms with E-state index in [2.05, 4.69) is 73.7 Å². The Balaban J connectivity index is 1.84. The van der Waals surface area contributed by atoms with Crippen molar-refractivity contribution in [3.63, 3.8) is 0 Å². The minimum absolute atomic E-state index is 0.608. The van der Waals surface area contributed by atoms with Crippen LogP contribution in [0.25, 0.3) is 0 Å². The van der Waals surface area contributed by atoms with Crippen LogP contribution in [0.5, 0.6) is 0 Å². The molecule has 0 radical (unpaired) electrons. The van der Waals surface area contributed by atoms with Crippen LogP contribution in [0.15, 0.2) is 72.3 Å². The molecule has 96 valence electrons. The number of benzene rings is 2. The summed E-state index contributed by atoms with van der Waals surface area (Å²) in [6, 6.07) is 21.7. The highest BCUT2D eigenvalue weighted by atomic mass is 14.3. The Morgan fingerprint density at radius 3 is 2.21 bits per heavy atom. The van der Waals surface area contributed by atoms with Crippen molar-refractivity contribution in [3.8, 4) is 0 Å². The van der Waals surface area contributed by atoms with Crippen molar-refractivity contribution in [3.05, 3.63) is 83.4 Å². The van der Waals surface area contributed by atoms with Crippen LogP contribution in [0.4, 0.5) is 0 Å². The Labute approximate surface area is 115 Å². The van der Waals surface area contributed by atoms with Crippen LogP contribution in [0.1, 0.15) is 30.4 Å². The fourth-order valence-electron chi connectivity index (χ4n) is 3.12. The summed E-state index contributed by atoms with van der Waals surface area (Å²) in [4.78, 5) is 0. The molecule has 0 nitrogen and oxygen atoms in total. The van der Waals surface area contributed by atoms with E-state index in [1.54, 1.807) is 5.57 Å². The minimum atomic E-state index is 0.608. The van der Waals surface area contributed by atoms with Crippen molar-refractivity contribution in [2.24, 2.45) is 5.92 Å². The monoisotopic (exact) mass is 248 g/mol. The molecule has 2 unspecified atom stereocenters. The van der Waals surface area contributed by atoms with E-state index in [1.807, 2.05) is 0 Å². The molecule has 2 atom stereocenters. The maximum absolute atomic E-state index is 2.48. The Hall–Kier alpha value is -1.82. The lowest BCUT2D eigenvalue weighted by Crippen LogP contribution is -2.01. The molecule has 2 aromatic carbocycles. The van der Waals surface area contributed by atoms with E-state index in [-0.39, 0.29) is 0 Å². The van der Waals surface area contributed by atoms with Crippen molar-refractivity contribution in [2.45, 2.75) is 25.7 Å². The fraction of sp³-hybridized carbons (Fsp3) is 0.263. The molecule has 1 aliphatic carbocycles. The van der Waals surface area contributed by atoms with Crippen LogP contribution in [0, 0.1) is 5.92 Å². The molecule has 0 saturated heterocycles. The second-order valence-corrected chi connectivity index (χ2v) is 5.58. The van der Waals surface area contributed by atoms with Gasteiger partial charge in [0, 0.05) is 5.92 Å². The molecule has 0 spiro atoms. The van der Waals surface area contributed by atoms with E-state index in [4.69, 9.17) is 0 Å². The minimum Gasteiger partial charge on any atom is -0.0815 e. The normalized spacial score (nSPS) is 22.3. The van der Waals surface area contributed by atoms with Gasteiger partial charge in [0.2, 0.25) is 0 Å². The molecule has 0 N–H and O–H groups in total. The third kappa shape index (κ3) is 2.78. The van der Waals surface area contributed by atoms with Gasteiger partial charge in [-0.2, -0.15) is 0 Å². The SMILES string of the molecule is CC1C=C(Cc2ccccc2)C(c2ccccc2)C1. The van der Waals surface area contributed by atoms with Gasteiger partial charge in [0.15, 0.2) is 0 Å². The van der Waals surface area contributed by atoms with E-state index in [0.717, 1.165) is 6.42 Å². The predicted octanol–water partition coefficient (Wildman–Crippen LogP) is 4.98. The average Bonchev–Trinajstić information content (AvgIpc) is 2.82. The van der Waals surface area contributed by atoms with Gasteiger partial charge >= 0.3 is 0 Å². The summed E-state index contributed by atoms with van der Waals surface area (Å²) in [6.07, 6.45) is 4.82. The highest BCUT2D eigenvalue weighted by molar-refractivity contribution is 5.36. The third-order valence-corrected chi connectivity index (χ3v) is 4.01. The summed E-state index contributed by atoms with van der Waals surface area (Å²) < 4.78 is 0. The molecule has 1 aliphatic rings. The van der Waals surface area contributed by atoms with Gasteiger partial charge in [-0.15, -0.1) is 0 Å². The van der Waals surface area contributed by atoms with Crippen LogP contribution in [-0.2, 0) is 6.42 Å². The van der Waals surface area contributed by atoms with E-state index >= 15 is 0 Å². The smallest absolute Gasteiger partial charge is 0.00570 e. The van der Waals surface area contributed by atoms with Crippen molar-refractivity contribution < 1.29 is 0 Å². The zero-order valence-corrected chi connectivity index (χ0v) is 11.4. The Morgan fingerprint density at radius 1 is 0.895 bits per heavy atom. The molecule has 0 bridgehead atoms. The zero-order valence-electron chi connectivity index (χ0n) is 11.4. The summed E-state index contributed by atoms with van der Waals surface area (Å²) in [5.74, 6) is 1.31. The van der Waals surface area contributed by atoms with Crippen LogP contribution in [0.3, 0.4) is 0 Å². The largest absolute Gasteiger partial charge is 0.0815 e. The summed E-state index contributed by atoms with van der Waals surface area (Å²) in [5.41, 5.74) is 4.47. The van der Waals surface area contributed by atoms with E-state index in [1.165, 1.54) is 17.5 Å². The van der Waals surface area contributed by atoms with Gasteiger partial charge in [0.05, 0.1) is 0 Å². The maximum Gasteiger partial charge on any atom is 0.00570 e. The molecule has 0 amide bonds. The molecule has 0 heterocycles. The molecule has 19 heavy (non-hydrogen) atoms. The first kappa shape index (κ1) is 12.2. The number of allylic oxidation sites excluding steroid dienone is 2. The van der Waals surface area contributed by atoms with Gasteiger partial charge in [-0.1, -0.05) is 79.2 Å². The first-order chi connectivity index (χ1) is 9.33. The van der Waals surface area contributed by atoms with E-state index < -0.39 is 0 Å². The van der Waals surface area contributed by atoms with Gasteiger partial charge in [-0.05, 0) is 29.9 Å². The van der Waals surface area contributed by atoms with Gasteiger partial charge in [0.25, 0.3) is 0 Å². The molecule has 2 aromatic rings. The first-order valence-electron chi connectivity index (χ1n) is 7.12. The summed E-state index contributed by atoms with van der Waals surface area (Å²) in [7, 11) is 0. The summed E-state index contributed by atoms with van der Waals surface area (Å²) >= 11 is 0. The van der Waals surface area contributed by atoms with Crippen LogP contribution < -0.4 is 0 Å². The summed E-state index contributed by atoms with van der Waals surface area (Å²) in [6.45, 7) is 2.33. The molecule has 0 aliphatic heterocycles. The highest BCUT2D eigenvalue weighted by Crippen LogP contribution is 2.39.